The number of carboxylic acid groups (broad SMARTS) is 1. The largest absolute Gasteiger partial charge is 0.508 e. The number of anilines is 1. The van der Waals surface area contributed by atoms with Crippen molar-refractivity contribution in [3.63, 3.8) is 0 Å². The number of phenols is 1. The standard InChI is InChI=1S/C21H21N5O3S/c1-12(2)26-11-23-17-19(22-8-7-13-3-5-15(27)6-4-13)24-18(25-20(17)26)14-9-16(21(28)29)30-10-14/h3-6,9-12,27H,7-8H2,1-2H3,(H,28,29)(H,22,24,25). The summed E-state index contributed by atoms with van der Waals surface area (Å²) in [7, 11) is 0. The first-order valence-electron chi connectivity index (χ1n) is 9.51. The van der Waals surface area contributed by atoms with Crippen LogP contribution in [0.5, 0.6) is 5.75 Å². The molecule has 30 heavy (non-hydrogen) atoms. The maximum absolute atomic E-state index is 11.3. The maximum atomic E-state index is 11.3. The molecule has 3 heterocycles. The number of aromatic hydroxyl groups is 1. The molecule has 0 saturated heterocycles. The van der Waals surface area contributed by atoms with Gasteiger partial charge in [0.25, 0.3) is 0 Å². The third-order valence-corrected chi connectivity index (χ3v) is 5.61. The molecule has 4 rings (SSSR count). The minimum absolute atomic E-state index is 0.166. The van der Waals surface area contributed by atoms with Crippen LogP contribution in [0, 0.1) is 0 Å². The zero-order chi connectivity index (χ0) is 21.3. The van der Waals surface area contributed by atoms with Crippen molar-refractivity contribution in [3.05, 3.63) is 52.5 Å². The third-order valence-electron chi connectivity index (χ3n) is 4.69. The fourth-order valence-electron chi connectivity index (χ4n) is 3.10. The lowest BCUT2D eigenvalue weighted by Gasteiger charge is -2.11. The molecule has 0 aliphatic rings. The number of imidazole rings is 1. The number of aromatic nitrogens is 4. The summed E-state index contributed by atoms with van der Waals surface area (Å²) in [4.78, 5) is 25.3. The predicted molar refractivity (Wildman–Crippen MR) is 116 cm³/mol. The summed E-state index contributed by atoms with van der Waals surface area (Å²) < 4.78 is 1.97. The van der Waals surface area contributed by atoms with Crippen LogP contribution in [0.15, 0.2) is 42.0 Å². The number of nitrogens with one attached hydrogen (secondary N) is 1. The smallest absolute Gasteiger partial charge is 0.345 e. The Kier molecular flexibility index (Phi) is 5.37. The number of nitrogens with zero attached hydrogens (tertiary/aromatic N) is 4. The summed E-state index contributed by atoms with van der Waals surface area (Å²) in [6.45, 7) is 4.72. The van der Waals surface area contributed by atoms with E-state index in [0.717, 1.165) is 23.3 Å². The van der Waals surface area contributed by atoms with Crippen molar-refractivity contribution in [2.24, 2.45) is 0 Å². The van der Waals surface area contributed by atoms with Gasteiger partial charge in [0.2, 0.25) is 0 Å². The van der Waals surface area contributed by atoms with Crippen LogP contribution in [-0.2, 0) is 6.42 Å². The van der Waals surface area contributed by atoms with Crippen molar-refractivity contribution in [1.82, 2.24) is 19.5 Å². The maximum Gasteiger partial charge on any atom is 0.345 e. The topological polar surface area (TPSA) is 113 Å². The van der Waals surface area contributed by atoms with Gasteiger partial charge < -0.3 is 20.1 Å². The van der Waals surface area contributed by atoms with E-state index in [1.807, 2.05) is 30.5 Å². The molecular formula is C21H21N5O3S. The summed E-state index contributed by atoms with van der Waals surface area (Å²) in [5.74, 6) is 0.341. The highest BCUT2D eigenvalue weighted by Gasteiger charge is 2.17. The minimum atomic E-state index is -0.966. The number of rotatable bonds is 7. The highest BCUT2D eigenvalue weighted by atomic mass is 32.1. The molecule has 0 aliphatic heterocycles. The number of carbonyl (C=O) groups is 1. The third kappa shape index (κ3) is 3.97. The number of fused-ring (bicyclic) bond motifs is 1. The molecule has 0 amide bonds. The summed E-state index contributed by atoms with van der Waals surface area (Å²) in [6, 6.07) is 8.84. The van der Waals surface area contributed by atoms with Gasteiger partial charge in [0, 0.05) is 23.5 Å². The van der Waals surface area contributed by atoms with Gasteiger partial charge in [-0.15, -0.1) is 11.3 Å². The molecule has 154 valence electrons. The zero-order valence-corrected chi connectivity index (χ0v) is 17.3. The Labute approximate surface area is 176 Å². The second kappa shape index (κ2) is 8.11. The van der Waals surface area contributed by atoms with E-state index >= 15 is 0 Å². The molecule has 4 aromatic rings. The normalized spacial score (nSPS) is 11.3. The van der Waals surface area contributed by atoms with Crippen LogP contribution in [0.3, 0.4) is 0 Å². The van der Waals surface area contributed by atoms with E-state index in [0.29, 0.717) is 34.9 Å². The summed E-state index contributed by atoms with van der Waals surface area (Å²) in [6.07, 6.45) is 2.49. The van der Waals surface area contributed by atoms with Gasteiger partial charge in [-0.1, -0.05) is 12.1 Å². The second-order valence-corrected chi connectivity index (χ2v) is 8.07. The van der Waals surface area contributed by atoms with Crippen molar-refractivity contribution in [1.29, 1.82) is 0 Å². The number of benzene rings is 1. The number of thiophene rings is 1. The first-order valence-corrected chi connectivity index (χ1v) is 10.4. The molecule has 1 aromatic carbocycles. The highest BCUT2D eigenvalue weighted by Crippen LogP contribution is 2.28. The quantitative estimate of drug-likeness (QED) is 0.408. The lowest BCUT2D eigenvalue weighted by atomic mass is 10.1. The van der Waals surface area contributed by atoms with Crippen LogP contribution in [0.2, 0.25) is 0 Å². The monoisotopic (exact) mass is 423 g/mol. The van der Waals surface area contributed by atoms with Crippen molar-refractivity contribution in [2.45, 2.75) is 26.3 Å². The van der Waals surface area contributed by atoms with Crippen molar-refractivity contribution in [2.75, 3.05) is 11.9 Å². The Morgan fingerprint density at radius 3 is 2.67 bits per heavy atom. The molecule has 3 aromatic heterocycles. The molecule has 0 atom stereocenters. The van der Waals surface area contributed by atoms with Crippen LogP contribution in [0.4, 0.5) is 5.82 Å². The first-order chi connectivity index (χ1) is 14.4. The van der Waals surface area contributed by atoms with E-state index in [2.05, 4.69) is 20.3 Å². The van der Waals surface area contributed by atoms with Gasteiger partial charge in [-0.3, -0.25) is 0 Å². The molecule has 8 nitrogen and oxygen atoms in total. The lowest BCUT2D eigenvalue weighted by molar-refractivity contribution is 0.0702. The highest BCUT2D eigenvalue weighted by molar-refractivity contribution is 7.12. The summed E-state index contributed by atoms with van der Waals surface area (Å²) in [5, 5.41) is 23.7. The summed E-state index contributed by atoms with van der Waals surface area (Å²) in [5.41, 5.74) is 3.12. The molecule has 0 saturated carbocycles. The van der Waals surface area contributed by atoms with Crippen molar-refractivity contribution >= 4 is 34.3 Å². The van der Waals surface area contributed by atoms with Gasteiger partial charge in [-0.05, 0) is 44.0 Å². The molecule has 0 aliphatic carbocycles. The number of hydrogen-bond donors (Lipinski definition) is 3. The fraction of sp³-hybridized carbons (Fsp3) is 0.238. The SMILES string of the molecule is CC(C)n1cnc2c(NCCc3ccc(O)cc3)nc(-c3csc(C(=O)O)c3)nc21. The zero-order valence-electron chi connectivity index (χ0n) is 16.5. The van der Waals surface area contributed by atoms with Crippen LogP contribution in [-0.4, -0.2) is 42.2 Å². The van der Waals surface area contributed by atoms with Crippen LogP contribution >= 0.6 is 11.3 Å². The molecule has 9 heteroatoms. The van der Waals surface area contributed by atoms with E-state index in [1.165, 1.54) is 0 Å². The van der Waals surface area contributed by atoms with Crippen molar-refractivity contribution in [3.8, 4) is 17.1 Å². The van der Waals surface area contributed by atoms with Gasteiger partial charge in [0.15, 0.2) is 17.3 Å². The number of carboxylic acids is 1. The molecular weight excluding hydrogens is 402 g/mol. The Balaban J connectivity index is 1.67. The Morgan fingerprint density at radius 2 is 2.00 bits per heavy atom. The molecule has 0 bridgehead atoms. The molecule has 0 unspecified atom stereocenters. The van der Waals surface area contributed by atoms with Crippen LogP contribution < -0.4 is 5.32 Å². The summed E-state index contributed by atoms with van der Waals surface area (Å²) >= 11 is 1.15. The Morgan fingerprint density at radius 1 is 1.23 bits per heavy atom. The van der Waals surface area contributed by atoms with E-state index in [9.17, 15) is 15.0 Å². The van der Waals surface area contributed by atoms with Gasteiger partial charge >= 0.3 is 5.97 Å². The van der Waals surface area contributed by atoms with Gasteiger partial charge in [0.05, 0.1) is 6.33 Å². The average molecular weight is 423 g/mol. The van der Waals surface area contributed by atoms with E-state index in [1.54, 1.807) is 29.9 Å². The molecule has 0 fully saturated rings. The van der Waals surface area contributed by atoms with Gasteiger partial charge in [-0.25, -0.2) is 19.7 Å². The van der Waals surface area contributed by atoms with E-state index in [4.69, 9.17) is 0 Å². The number of hydrogen-bond acceptors (Lipinski definition) is 7. The molecule has 0 spiro atoms. The first kappa shape index (κ1) is 19.8. The Hall–Kier alpha value is -3.46. The second-order valence-electron chi connectivity index (χ2n) is 7.16. The van der Waals surface area contributed by atoms with Crippen molar-refractivity contribution < 1.29 is 15.0 Å². The van der Waals surface area contributed by atoms with E-state index in [-0.39, 0.29) is 16.7 Å². The molecule has 0 radical (unpaired) electrons. The number of aromatic carboxylic acids is 1. The molecule has 3 N–H and O–H groups in total. The van der Waals surface area contributed by atoms with Crippen LogP contribution in [0.25, 0.3) is 22.6 Å². The van der Waals surface area contributed by atoms with Crippen LogP contribution in [0.1, 0.15) is 35.1 Å². The number of phenolic OH excluding ortho intramolecular Hbond substituents is 1. The van der Waals surface area contributed by atoms with E-state index < -0.39 is 5.97 Å². The van der Waals surface area contributed by atoms with Gasteiger partial charge in [-0.2, -0.15) is 0 Å². The Bertz CT molecular complexity index is 1200. The van der Waals surface area contributed by atoms with Gasteiger partial charge in [0.1, 0.15) is 16.1 Å². The predicted octanol–water partition coefficient (Wildman–Crippen LogP) is 4.19. The average Bonchev–Trinajstić information content (AvgIpc) is 3.37. The minimum Gasteiger partial charge on any atom is -0.508 e. The lowest BCUT2D eigenvalue weighted by Crippen LogP contribution is -2.09. The fourth-order valence-corrected chi connectivity index (χ4v) is 3.82.